The van der Waals surface area contributed by atoms with Crippen molar-refractivity contribution in [3.63, 3.8) is 0 Å². The van der Waals surface area contributed by atoms with Gasteiger partial charge in [-0.1, -0.05) is 34.1 Å². The first kappa shape index (κ1) is 27.8. The quantitative estimate of drug-likeness (QED) is 0.210. The van der Waals surface area contributed by atoms with Gasteiger partial charge in [0.1, 0.15) is 11.3 Å². The van der Waals surface area contributed by atoms with Crippen LogP contribution in [0.5, 0.6) is 0 Å². The number of nitrogens with one attached hydrogen (secondary N) is 2. The summed E-state index contributed by atoms with van der Waals surface area (Å²) in [7, 11) is 0. The SMILES string of the molecule is C.CCC[C@@H](C)n1cc(-c2ccnc3[nH]ccc23)cn1.CCC[C@H](C)n1cc(-c2ccnc3[nH]ccc23)cn1. The van der Waals surface area contributed by atoms with Crippen molar-refractivity contribution in [1.29, 1.82) is 0 Å². The molecule has 0 unspecified atom stereocenters. The zero-order valence-corrected chi connectivity index (χ0v) is 22.6. The van der Waals surface area contributed by atoms with Crippen LogP contribution in [0.2, 0.25) is 0 Å². The van der Waals surface area contributed by atoms with Crippen LogP contribution < -0.4 is 0 Å². The molecule has 6 rings (SSSR count). The number of hydrogen-bond acceptors (Lipinski definition) is 4. The molecule has 0 fully saturated rings. The second-order valence-electron chi connectivity index (χ2n) is 9.89. The number of nitrogens with zero attached hydrogens (tertiary/aromatic N) is 6. The van der Waals surface area contributed by atoms with E-state index in [2.05, 4.69) is 91.7 Å². The minimum Gasteiger partial charge on any atom is -0.346 e. The van der Waals surface area contributed by atoms with Crippen LogP contribution in [0.3, 0.4) is 0 Å². The topological polar surface area (TPSA) is 93.0 Å². The number of fused-ring (bicyclic) bond motifs is 2. The van der Waals surface area contributed by atoms with E-state index in [1.807, 2.05) is 49.3 Å². The fraction of sp³-hybridized carbons (Fsp3) is 0.355. The van der Waals surface area contributed by atoms with Gasteiger partial charge in [-0.3, -0.25) is 9.36 Å². The minimum atomic E-state index is 0. The molecule has 0 aromatic carbocycles. The van der Waals surface area contributed by atoms with Crippen molar-refractivity contribution >= 4 is 22.1 Å². The lowest BCUT2D eigenvalue weighted by molar-refractivity contribution is 0.455. The largest absolute Gasteiger partial charge is 0.346 e. The van der Waals surface area contributed by atoms with Gasteiger partial charge in [0.05, 0.1) is 12.4 Å². The molecule has 0 aliphatic rings. The third-order valence-corrected chi connectivity index (χ3v) is 7.06. The molecule has 0 saturated heterocycles. The fourth-order valence-corrected chi connectivity index (χ4v) is 4.96. The molecule has 0 aliphatic carbocycles. The summed E-state index contributed by atoms with van der Waals surface area (Å²) in [5.41, 5.74) is 6.51. The van der Waals surface area contributed by atoms with Gasteiger partial charge in [-0.25, -0.2) is 9.97 Å². The zero-order valence-electron chi connectivity index (χ0n) is 22.6. The molecule has 204 valence electrons. The van der Waals surface area contributed by atoms with Crippen molar-refractivity contribution < 1.29 is 0 Å². The Labute approximate surface area is 230 Å². The average molecular weight is 525 g/mol. The van der Waals surface area contributed by atoms with Gasteiger partial charge in [0.15, 0.2) is 0 Å². The molecule has 0 aliphatic heterocycles. The lowest BCUT2D eigenvalue weighted by atomic mass is 10.1. The van der Waals surface area contributed by atoms with E-state index in [0.717, 1.165) is 46.0 Å². The fourth-order valence-electron chi connectivity index (χ4n) is 4.96. The summed E-state index contributed by atoms with van der Waals surface area (Å²) in [5.74, 6) is 0. The summed E-state index contributed by atoms with van der Waals surface area (Å²) in [5, 5.41) is 11.3. The number of hydrogen-bond donors (Lipinski definition) is 2. The average Bonchev–Trinajstić information content (AvgIpc) is 3.75. The maximum absolute atomic E-state index is 4.49. The monoisotopic (exact) mass is 524 g/mol. The second kappa shape index (κ2) is 12.6. The van der Waals surface area contributed by atoms with Crippen LogP contribution in [-0.4, -0.2) is 39.5 Å². The Morgan fingerprint density at radius 3 is 1.54 bits per heavy atom. The van der Waals surface area contributed by atoms with Crippen LogP contribution in [0.1, 0.15) is 72.9 Å². The van der Waals surface area contributed by atoms with Crippen molar-refractivity contribution in [3.8, 4) is 22.3 Å². The highest BCUT2D eigenvalue weighted by Crippen LogP contribution is 2.28. The van der Waals surface area contributed by atoms with E-state index in [9.17, 15) is 0 Å². The van der Waals surface area contributed by atoms with Gasteiger partial charge in [-0.15, -0.1) is 0 Å². The summed E-state index contributed by atoms with van der Waals surface area (Å²) in [6.45, 7) is 8.82. The van der Waals surface area contributed by atoms with Crippen molar-refractivity contribution in [2.45, 2.75) is 72.9 Å². The lowest BCUT2D eigenvalue weighted by Crippen LogP contribution is -2.04. The standard InChI is InChI=1S/2C15H18N4.CH4/c2*1-3-4-11(2)19-10-12(9-18-19)13-5-7-16-15-14(13)6-8-17-15;/h2*5-11H,3-4H2,1-2H3,(H,16,17);1H4/t2*11-;/m10./s1. The van der Waals surface area contributed by atoms with Crippen molar-refractivity contribution in [2.24, 2.45) is 0 Å². The minimum absolute atomic E-state index is 0. The van der Waals surface area contributed by atoms with Crippen LogP contribution in [0.15, 0.2) is 73.8 Å². The Hall–Kier alpha value is -4.20. The van der Waals surface area contributed by atoms with Crippen LogP contribution in [0.25, 0.3) is 44.3 Å². The molecule has 6 heterocycles. The Kier molecular flexibility index (Phi) is 8.96. The van der Waals surface area contributed by atoms with Gasteiger partial charge in [0.25, 0.3) is 0 Å². The maximum atomic E-state index is 4.49. The van der Waals surface area contributed by atoms with Gasteiger partial charge in [-0.2, -0.15) is 10.2 Å². The molecule has 0 amide bonds. The van der Waals surface area contributed by atoms with E-state index in [1.165, 1.54) is 24.0 Å². The van der Waals surface area contributed by atoms with E-state index in [4.69, 9.17) is 0 Å². The molecule has 39 heavy (non-hydrogen) atoms. The van der Waals surface area contributed by atoms with Crippen LogP contribution in [0, 0.1) is 0 Å². The number of aromatic nitrogens is 8. The molecule has 6 aromatic heterocycles. The first-order valence-corrected chi connectivity index (χ1v) is 13.5. The Morgan fingerprint density at radius 1 is 0.692 bits per heavy atom. The summed E-state index contributed by atoms with van der Waals surface area (Å²) in [6, 6.07) is 9.10. The predicted molar refractivity (Wildman–Crippen MR) is 161 cm³/mol. The number of rotatable bonds is 8. The van der Waals surface area contributed by atoms with Crippen LogP contribution in [0.4, 0.5) is 0 Å². The van der Waals surface area contributed by atoms with Crippen LogP contribution >= 0.6 is 0 Å². The first-order valence-electron chi connectivity index (χ1n) is 13.5. The molecule has 6 aromatic rings. The lowest BCUT2D eigenvalue weighted by Gasteiger charge is -2.09. The third kappa shape index (κ3) is 5.95. The van der Waals surface area contributed by atoms with Crippen molar-refractivity contribution in [1.82, 2.24) is 39.5 Å². The molecular weight excluding hydrogens is 484 g/mol. The molecule has 8 nitrogen and oxygen atoms in total. The molecular formula is C31H40N8. The predicted octanol–water partition coefficient (Wildman–Crippen LogP) is 8.21. The van der Waals surface area contributed by atoms with E-state index < -0.39 is 0 Å². The van der Waals surface area contributed by atoms with Gasteiger partial charge >= 0.3 is 0 Å². The third-order valence-electron chi connectivity index (χ3n) is 7.06. The normalized spacial score (nSPS) is 12.6. The van der Waals surface area contributed by atoms with Crippen molar-refractivity contribution in [2.75, 3.05) is 0 Å². The molecule has 2 atom stereocenters. The zero-order chi connectivity index (χ0) is 26.5. The Morgan fingerprint density at radius 2 is 1.13 bits per heavy atom. The molecule has 0 saturated carbocycles. The maximum Gasteiger partial charge on any atom is 0.137 e. The molecule has 0 bridgehead atoms. The van der Waals surface area contributed by atoms with Gasteiger partial charge < -0.3 is 9.97 Å². The Balaban J connectivity index is 0.000000176. The number of pyridine rings is 2. The number of H-pyrrole nitrogens is 2. The van der Waals surface area contributed by atoms with Crippen molar-refractivity contribution in [3.05, 3.63) is 73.8 Å². The smallest absolute Gasteiger partial charge is 0.137 e. The highest BCUT2D eigenvalue weighted by molar-refractivity contribution is 5.93. The summed E-state index contributed by atoms with van der Waals surface area (Å²) in [4.78, 5) is 14.9. The molecule has 0 spiro atoms. The summed E-state index contributed by atoms with van der Waals surface area (Å²) in [6.07, 6.45) is 20.3. The summed E-state index contributed by atoms with van der Waals surface area (Å²) < 4.78 is 4.11. The van der Waals surface area contributed by atoms with E-state index in [1.54, 1.807) is 0 Å². The Bertz CT molecular complexity index is 1480. The first-order chi connectivity index (χ1) is 18.6. The summed E-state index contributed by atoms with van der Waals surface area (Å²) >= 11 is 0. The molecule has 2 N–H and O–H groups in total. The number of aromatic amines is 2. The molecule has 0 radical (unpaired) electrons. The highest BCUT2D eigenvalue weighted by Gasteiger charge is 2.11. The second-order valence-corrected chi connectivity index (χ2v) is 9.89. The van der Waals surface area contributed by atoms with E-state index in [-0.39, 0.29) is 7.43 Å². The van der Waals surface area contributed by atoms with Crippen LogP contribution in [-0.2, 0) is 0 Å². The van der Waals surface area contributed by atoms with E-state index >= 15 is 0 Å². The van der Waals surface area contributed by atoms with Gasteiger partial charge in [0, 0.05) is 71.2 Å². The van der Waals surface area contributed by atoms with Gasteiger partial charge in [0.2, 0.25) is 0 Å². The molecule has 8 heteroatoms. The van der Waals surface area contributed by atoms with E-state index in [0.29, 0.717) is 12.1 Å². The highest BCUT2D eigenvalue weighted by atomic mass is 15.3. The van der Waals surface area contributed by atoms with Gasteiger partial charge in [-0.05, 0) is 62.1 Å².